The van der Waals surface area contributed by atoms with Crippen molar-refractivity contribution in [3.05, 3.63) is 81.2 Å². The van der Waals surface area contributed by atoms with Gasteiger partial charge >= 0.3 is 5.97 Å². The van der Waals surface area contributed by atoms with E-state index in [0.29, 0.717) is 33.2 Å². The van der Waals surface area contributed by atoms with Gasteiger partial charge in [0.05, 0.1) is 26.2 Å². The topological polar surface area (TPSA) is 95.2 Å². The van der Waals surface area contributed by atoms with Crippen LogP contribution in [0, 0.1) is 0 Å². The molecule has 0 bridgehead atoms. The third-order valence-corrected chi connectivity index (χ3v) is 6.19. The second-order valence-corrected chi connectivity index (χ2v) is 8.27. The summed E-state index contributed by atoms with van der Waals surface area (Å²) in [6.07, 6.45) is 1.34. The molecule has 1 aliphatic heterocycles. The molecule has 0 amide bonds. The molecule has 5 rings (SSSR count). The first-order valence-corrected chi connectivity index (χ1v) is 10.8. The zero-order chi connectivity index (χ0) is 24.0. The lowest BCUT2D eigenvalue weighted by Crippen LogP contribution is -2.22. The molecule has 2 heterocycles. The van der Waals surface area contributed by atoms with Crippen molar-refractivity contribution in [3.8, 4) is 34.1 Å². The number of esters is 1. The first-order chi connectivity index (χ1) is 16.4. The average Bonchev–Trinajstić information content (AvgIpc) is 2.83. The standard InChI is InChI=1S/C26H19ClO7/c1-31-15-7-8-16(20(9-15)32-2)17-10-22(29)34-21-11-19(28)24-25(30)18(12-33-26(24)23(17)21)13-3-5-14(27)6-4-13/h3-9,11-12,17,28H,10H2,1-2H3/t17-/m0/s1. The van der Waals surface area contributed by atoms with E-state index in [1.807, 2.05) is 0 Å². The van der Waals surface area contributed by atoms with Gasteiger partial charge in [-0.25, -0.2) is 0 Å². The SMILES string of the molecule is COc1ccc([C@@H]2CC(=O)Oc3cc(O)c4c(=O)c(-c5ccc(Cl)cc5)coc4c32)c(OC)c1. The number of hydrogen-bond acceptors (Lipinski definition) is 7. The Kier molecular flexibility index (Phi) is 5.42. The van der Waals surface area contributed by atoms with Crippen LogP contribution in [0.5, 0.6) is 23.0 Å². The van der Waals surface area contributed by atoms with Crippen LogP contribution < -0.4 is 19.6 Å². The van der Waals surface area contributed by atoms with Gasteiger partial charge in [0, 0.05) is 34.2 Å². The molecular formula is C26H19ClO7. The molecular weight excluding hydrogens is 460 g/mol. The molecule has 0 aliphatic carbocycles. The second-order valence-electron chi connectivity index (χ2n) is 7.84. The van der Waals surface area contributed by atoms with Crippen molar-refractivity contribution in [2.24, 2.45) is 0 Å². The lowest BCUT2D eigenvalue weighted by Gasteiger charge is -2.27. The molecule has 1 N–H and O–H groups in total. The van der Waals surface area contributed by atoms with Crippen LogP contribution >= 0.6 is 11.6 Å². The third-order valence-electron chi connectivity index (χ3n) is 5.94. The number of methoxy groups -OCH3 is 2. The number of hydrogen-bond donors (Lipinski definition) is 1. The second kappa shape index (κ2) is 8.43. The van der Waals surface area contributed by atoms with Gasteiger partial charge in [-0.1, -0.05) is 29.8 Å². The minimum Gasteiger partial charge on any atom is -0.507 e. The number of phenolic OH excluding ortho intramolecular Hbond substituents is 1. The maximum absolute atomic E-state index is 13.4. The molecule has 0 fully saturated rings. The summed E-state index contributed by atoms with van der Waals surface area (Å²) < 4.78 is 22.2. The highest BCUT2D eigenvalue weighted by Crippen LogP contribution is 2.48. The number of ether oxygens (including phenoxy) is 3. The molecule has 0 saturated heterocycles. The summed E-state index contributed by atoms with van der Waals surface area (Å²) in [5, 5.41) is 11.3. The van der Waals surface area contributed by atoms with Crippen molar-refractivity contribution >= 4 is 28.5 Å². The van der Waals surface area contributed by atoms with Gasteiger partial charge in [0.1, 0.15) is 40.2 Å². The van der Waals surface area contributed by atoms with Gasteiger partial charge in [-0.2, -0.15) is 0 Å². The number of fused-ring (bicyclic) bond motifs is 3. The van der Waals surface area contributed by atoms with Gasteiger partial charge in [-0.15, -0.1) is 0 Å². The molecule has 7 nitrogen and oxygen atoms in total. The Morgan fingerprint density at radius 2 is 1.79 bits per heavy atom. The first-order valence-electron chi connectivity index (χ1n) is 10.4. The van der Waals surface area contributed by atoms with Crippen LogP contribution in [0.3, 0.4) is 0 Å². The van der Waals surface area contributed by atoms with Crippen LogP contribution in [0.1, 0.15) is 23.5 Å². The van der Waals surface area contributed by atoms with Gasteiger partial charge in [0.2, 0.25) is 5.43 Å². The van der Waals surface area contributed by atoms with Gasteiger partial charge in [-0.3, -0.25) is 9.59 Å². The number of rotatable bonds is 4. The van der Waals surface area contributed by atoms with Gasteiger partial charge in [0.15, 0.2) is 0 Å². The molecule has 172 valence electrons. The Labute approximate surface area is 199 Å². The summed E-state index contributed by atoms with van der Waals surface area (Å²) in [4.78, 5) is 25.9. The Morgan fingerprint density at radius 3 is 2.50 bits per heavy atom. The normalized spacial score (nSPS) is 15.0. The zero-order valence-corrected chi connectivity index (χ0v) is 19.0. The summed E-state index contributed by atoms with van der Waals surface area (Å²) in [5.41, 5.74) is 1.77. The number of benzene rings is 3. The van der Waals surface area contributed by atoms with Gasteiger partial charge in [0.25, 0.3) is 0 Å². The molecule has 8 heteroatoms. The van der Waals surface area contributed by atoms with E-state index in [1.54, 1.807) is 49.6 Å². The van der Waals surface area contributed by atoms with E-state index in [4.69, 9.17) is 30.2 Å². The molecule has 34 heavy (non-hydrogen) atoms. The molecule has 1 aliphatic rings. The Hall–Kier alpha value is -3.97. The molecule has 0 radical (unpaired) electrons. The maximum Gasteiger partial charge on any atom is 0.312 e. The van der Waals surface area contributed by atoms with Crippen molar-refractivity contribution in [1.82, 2.24) is 0 Å². The van der Waals surface area contributed by atoms with E-state index in [-0.39, 0.29) is 34.5 Å². The average molecular weight is 479 g/mol. The number of phenols is 1. The van der Waals surface area contributed by atoms with Crippen molar-refractivity contribution < 1.29 is 28.5 Å². The van der Waals surface area contributed by atoms with Crippen LogP contribution in [0.25, 0.3) is 22.1 Å². The number of halogens is 1. The predicted molar refractivity (Wildman–Crippen MR) is 126 cm³/mol. The Balaban J connectivity index is 1.77. The van der Waals surface area contributed by atoms with Crippen molar-refractivity contribution in [1.29, 1.82) is 0 Å². The predicted octanol–water partition coefficient (Wildman–Crippen LogP) is 5.28. The summed E-state index contributed by atoms with van der Waals surface area (Å²) in [5.74, 6) is -0.126. The molecule has 0 unspecified atom stereocenters. The summed E-state index contributed by atoms with van der Waals surface area (Å²) in [6, 6.07) is 13.3. The van der Waals surface area contributed by atoms with E-state index in [2.05, 4.69) is 0 Å². The molecule has 1 atom stereocenters. The molecule has 0 saturated carbocycles. The maximum atomic E-state index is 13.4. The highest BCUT2D eigenvalue weighted by molar-refractivity contribution is 6.30. The van der Waals surface area contributed by atoms with Gasteiger partial charge in [-0.05, 0) is 23.8 Å². The lowest BCUT2D eigenvalue weighted by molar-refractivity contribution is -0.135. The molecule has 4 aromatic rings. The fourth-order valence-electron chi connectivity index (χ4n) is 4.33. The van der Waals surface area contributed by atoms with Crippen LogP contribution in [0.2, 0.25) is 5.02 Å². The fourth-order valence-corrected chi connectivity index (χ4v) is 4.46. The lowest BCUT2D eigenvalue weighted by atomic mass is 9.84. The van der Waals surface area contributed by atoms with Crippen LogP contribution in [0.15, 0.2) is 64.0 Å². The Bertz CT molecular complexity index is 1490. The summed E-state index contributed by atoms with van der Waals surface area (Å²) in [7, 11) is 3.07. The Morgan fingerprint density at radius 1 is 1.03 bits per heavy atom. The quantitative estimate of drug-likeness (QED) is 0.315. The first kappa shape index (κ1) is 21.9. The highest BCUT2D eigenvalue weighted by Gasteiger charge is 2.35. The minimum absolute atomic E-state index is 0.00151. The van der Waals surface area contributed by atoms with E-state index in [1.165, 1.54) is 19.4 Å². The van der Waals surface area contributed by atoms with Crippen molar-refractivity contribution in [2.45, 2.75) is 12.3 Å². The van der Waals surface area contributed by atoms with Crippen molar-refractivity contribution in [3.63, 3.8) is 0 Å². The highest BCUT2D eigenvalue weighted by atomic mass is 35.5. The molecule has 3 aromatic carbocycles. The van der Waals surface area contributed by atoms with Crippen molar-refractivity contribution in [2.75, 3.05) is 14.2 Å². The number of carbonyl (C=O) groups is 1. The summed E-state index contributed by atoms with van der Waals surface area (Å²) in [6.45, 7) is 0. The largest absolute Gasteiger partial charge is 0.507 e. The monoisotopic (exact) mass is 478 g/mol. The van der Waals surface area contributed by atoms with E-state index >= 15 is 0 Å². The van der Waals surface area contributed by atoms with Gasteiger partial charge < -0.3 is 23.7 Å². The molecule has 0 spiro atoms. The smallest absolute Gasteiger partial charge is 0.312 e. The summed E-state index contributed by atoms with van der Waals surface area (Å²) >= 11 is 5.97. The van der Waals surface area contributed by atoms with E-state index in [0.717, 1.165) is 0 Å². The third kappa shape index (κ3) is 3.54. The van der Waals surface area contributed by atoms with Crippen LogP contribution in [-0.2, 0) is 4.79 Å². The fraction of sp³-hybridized carbons (Fsp3) is 0.154. The number of aromatic hydroxyl groups is 1. The van der Waals surface area contributed by atoms with E-state index < -0.39 is 17.3 Å². The molecule has 1 aromatic heterocycles. The van der Waals surface area contributed by atoms with E-state index in [9.17, 15) is 14.7 Å². The zero-order valence-electron chi connectivity index (χ0n) is 18.3. The van der Waals surface area contributed by atoms with Crippen LogP contribution in [0.4, 0.5) is 0 Å². The minimum atomic E-state index is -0.537. The number of carbonyl (C=O) groups excluding carboxylic acids is 1. The van der Waals surface area contributed by atoms with Crippen LogP contribution in [-0.4, -0.2) is 25.3 Å².